The van der Waals surface area contributed by atoms with Crippen LogP contribution in [0.4, 0.5) is 0 Å². The van der Waals surface area contributed by atoms with E-state index in [1.165, 1.54) is 0 Å². The number of rotatable bonds is 3. The van der Waals surface area contributed by atoms with Crippen LogP contribution < -0.4 is 5.32 Å². The van der Waals surface area contributed by atoms with Gasteiger partial charge in [0, 0.05) is 19.1 Å². The zero-order valence-electron chi connectivity index (χ0n) is 9.92. The van der Waals surface area contributed by atoms with Crippen LogP contribution in [-0.2, 0) is 4.79 Å². The average Bonchev–Trinajstić information content (AvgIpc) is 2.12. The van der Waals surface area contributed by atoms with Gasteiger partial charge < -0.3 is 15.3 Å². The molecule has 1 unspecified atom stereocenters. The maximum absolute atomic E-state index is 11.7. The van der Waals surface area contributed by atoms with Crippen molar-refractivity contribution >= 4 is 5.91 Å². The lowest BCUT2D eigenvalue weighted by atomic mass is 9.95. The third kappa shape index (κ3) is 4.18. The van der Waals surface area contributed by atoms with Crippen molar-refractivity contribution in [3.63, 3.8) is 0 Å². The van der Waals surface area contributed by atoms with E-state index in [1.807, 2.05) is 13.8 Å². The summed E-state index contributed by atoms with van der Waals surface area (Å²) in [7, 11) is 0. The van der Waals surface area contributed by atoms with Crippen molar-refractivity contribution in [1.29, 1.82) is 0 Å². The van der Waals surface area contributed by atoms with E-state index in [9.17, 15) is 9.90 Å². The highest BCUT2D eigenvalue weighted by Crippen LogP contribution is 2.19. The highest BCUT2D eigenvalue weighted by atomic mass is 16.3. The summed E-state index contributed by atoms with van der Waals surface area (Å²) in [4.78, 5) is 13.5. The summed E-state index contributed by atoms with van der Waals surface area (Å²) < 4.78 is 0. The molecule has 0 saturated carbocycles. The second-order valence-electron chi connectivity index (χ2n) is 4.95. The van der Waals surface area contributed by atoms with Gasteiger partial charge in [-0.2, -0.15) is 0 Å². The van der Waals surface area contributed by atoms with Gasteiger partial charge in [0.1, 0.15) is 0 Å². The van der Waals surface area contributed by atoms with E-state index >= 15 is 0 Å². The molecule has 2 N–H and O–H groups in total. The first-order valence-corrected chi connectivity index (χ1v) is 5.64. The van der Waals surface area contributed by atoms with Crippen molar-refractivity contribution in [3.05, 3.63) is 0 Å². The van der Waals surface area contributed by atoms with Crippen LogP contribution in [0.5, 0.6) is 0 Å². The van der Waals surface area contributed by atoms with Gasteiger partial charge in [-0.3, -0.25) is 4.79 Å². The number of likely N-dealkylation sites (tertiary alicyclic amines) is 1. The number of nitrogens with zero attached hydrogens (tertiary/aromatic N) is 1. The second-order valence-corrected chi connectivity index (χ2v) is 4.95. The van der Waals surface area contributed by atoms with Gasteiger partial charge in [-0.1, -0.05) is 13.8 Å². The zero-order valence-corrected chi connectivity index (χ0v) is 9.92. The predicted molar refractivity (Wildman–Crippen MR) is 59.6 cm³/mol. The van der Waals surface area contributed by atoms with Crippen molar-refractivity contribution in [1.82, 2.24) is 10.2 Å². The molecule has 0 bridgehead atoms. The minimum atomic E-state index is -0.703. The van der Waals surface area contributed by atoms with Crippen molar-refractivity contribution in [2.75, 3.05) is 19.6 Å². The van der Waals surface area contributed by atoms with Crippen LogP contribution in [-0.4, -0.2) is 47.2 Å². The SMILES string of the molecule is CC(C)NCC(=O)N1CCCC(C)(O)C1. The summed E-state index contributed by atoms with van der Waals surface area (Å²) in [5.41, 5.74) is -0.703. The normalized spacial score (nSPS) is 27.1. The Morgan fingerprint density at radius 3 is 2.80 bits per heavy atom. The van der Waals surface area contributed by atoms with Crippen LogP contribution in [0.15, 0.2) is 0 Å². The van der Waals surface area contributed by atoms with E-state index in [4.69, 9.17) is 0 Å². The van der Waals surface area contributed by atoms with Gasteiger partial charge in [0.25, 0.3) is 0 Å². The molecular weight excluding hydrogens is 192 g/mol. The maximum atomic E-state index is 11.7. The summed E-state index contributed by atoms with van der Waals surface area (Å²) in [5.74, 6) is 0.0867. The quantitative estimate of drug-likeness (QED) is 0.713. The molecule has 0 aromatic carbocycles. The summed E-state index contributed by atoms with van der Waals surface area (Å²) >= 11 is 0. The number of piperidine rings is 1. The largest absolute Gasteiger partial charge is 0.388 e. The van der Waals surface area contributed by atoms with Crippen LogP contribution in [0.1, 0.15) is 33.6 Å². The third-order valence-corrected chi connectivity index (χ3v) is 2.69. The number of carbonyl (C=O) groups excluding carboxylic acids is 1. The molecule has 1 fully saturated rings. The Morgan fingerprint density at radius 1 is 1.60 bits per heavy atom. The molecule has 0 aromatic rings. The fraction of sp³-hybridized carbons (Fsp3) is 0.909. The lowest BCUT2D eigenvalue weighted by Crippen LogP contribution is -2.51. The topological polar surface area (TPSA) is 52.6 Å². The standard InChI is InChI=1S/C11H22N2O2/c1-9(2)12-7-10(14)13-6-4-5-11(3,15)8-13/h9,12,15H,4-8H2,1-3H3. The first kappa shape index (κ1) is 12.5. The molecule has 88 valence electrons. The van der Waals surface area contributed by atoms with Gasteiger partial charge >= 0.3 is 0 Å². The van der Waals surface area contributed by atoms with Gasteiger partial charge in [0.2, 0.25) is 5.91 Å². The minimum absolute atomic E-state index is 0.0867. The molecule has 0 radical (unpaired) electrons. The molecule has 1 aliphatic heterocycles. The number of hydrogen-bond donors (Lipinski definition) is 2. The van der Waals surface area contributed by atoms with E-state index in [-0.39, 0.29) is 5.91 Å². The van der Waals surface area contributed by atoms with Gasteiger partial charge in [-0.05, 0) is 19.8 Å². The van der Waals surface area contributed by atoms with Crippen LogP contribution in [0.25, 0.3) is 0 Å². The molecule has 0 aliphatic carbocycles. The molecule has 1 saturated heterocycles. The predicted octanol–water partition coefficient (Wildman–Crippen LogP) is 0.358. The number of carbonyl (C=O) groups is 1. The van der Waals surface area contributed by atoms with E-state index in [1.54, 1.807) is 11.8 Å². The summed E-state index contributed by atoms with van der Waals surface area (Å²) in [6, 6.07) is 0.319. The van der Waals surface area contributed by atoms with Crippen molar-refractivity contribution < 1.29 is 9.90 Å². The molecule has 1 atom stereocenters. The zero-order chi connectivity index (χ0) is 11.5. The fourth-order valence-electron chi connectivity index (χ4n) is 1.84. The summed E-state index contributed by atoms with van der Waals surface area (Å²) in [6.07, 6.45) is 1.68. The van der Waals surface area contributed by atoms with Crippen LogP contribution in [0.2, 0.25) is 0 Å². The Bertz CT molecular complexity index is 227. The van der Waals surface area contributed by atoms with Crippen molar-refractivity contribution in [2.45, 2.75) is 45.3 Å². The molecule has 15 heavy (non-hydrogen) atoms. The Hall–Kier alpha value is -0.610. The van der Waals surface area contributed by atoms with Crippen LogP contribution in [0, 0.1) is 0 Å². The van der Waals surface area contributed by atoms with E-state index in [2.05, 4.69) is 5.32 Å². The molecule has 4 heteroatoms. The minimum Gasteiger partial charge on any atom is -0.388 e. The number of β-amino-alcohol motifs (C(OH)–C–C–N with tert-alkyl or cyclic N) is 1. The lowest BCUT2D eigenvalue weighted by Gasteiger charge is -2.37. The Labute approximate surface area is 91.6 Å². The number of hydrogen-bond acceptors (Lipinski definition) is 3. The molecule has 4 nitrogen and oxygen atoms in total. The highest BCUT2D eigenvalue weighted by Gasteiger charge is 2.30. The van der Waals surface area contributed by atoms with E-state index < -0.39 is 5.60 Å². The third-order valence-electron chi connectivity index (χ3n) is 2.69. The summed E-state index contributed by atoms with van der Waals surface area (Å²) in [6.45, 7) is 7.43. The summed E-state index contributed by atoms with van der Waals surface area (Å²) in [5, 5.41) is 13.0. The van der Waals surface area contributed by atoms with Gasteiger partial charge in [-0.25, -0.2) is 0 Å². The average molecular weight is 214 g/mol. The second kappa shape index (κ2) is 4.94. The Kier molecular flexibility index (Phi) is 4.11. The van der Waals surface area contributed by atoms with Crippen LogP contribution in [0.3, 0.4) is 0 Å². The molecule has 0 spiro atoms. The number of aliphatic hydroxyl groups is 1. The maximum Gasteiger partial charge on any atom is 0.236 e. The smallest absolute Gasteiger partial charge is 0.236 e. The van der Waals surface area contributed by atoms with E-state index in [0.29, 0.717) is 19.1 Å². The van der Waals surface area contributed by atoms with Gasteiger partial charge in [0.05, 0.1) is 12.1 Å². The van der Waals surface area contributed by atoms with Gasteiger partial charge in [-0.15, -0.1) is 0 Å². The van der Waals surface area contributed by atoms with Gasteiger partial charge in [0.15, 0.2) is 0 Å². The number of nitrogens with one attached hydrogen (secondary N) is 1. The van der Waals surface area contributed by atoms with Crippen molar-refractivity contribution in [3.8, 4) is 0 Å². The first-order chi connectivity index (χ1) is 6.91. The van der Waals surface area contributed by atoms with E-state index in [0.717, 1.165) is 19.4 Å². The highest BCUT2D eigenvalue weighted by molar-refractivity contribution is 5.78. The molecule has 1 heterocycles. The molecule has 0 aromatic heterocycles. The monoisotopic (exact) mass is 214 g/mol. The van der Waals surface area contributed by atoms with Crippen LogP contribution >= 0.6 is 0 Å². The lowest BCUT2D eigenvalue weighted by molar-refractivity contribution is -0.136. The van der Waals surface area contributed by atoms with Crippen molar-refractivity contribution in [2.24, 2.45) is 0 Å². The molecular formula is C11H22N2O2. The molecule has 1 aliphatic rings. The Balaban J connectivity index is 2.39. The Morgan fingerprint density at radius 2 is 2.27 bits per heavy atom. The first-order valence-electron chi connectivity index (χ1n) is 5.64. The fourth-order valence-corrected chi connectivity index (χ4v) is 1.84. The molecule has 1 amide bonds. The molecule has 1 rings (SSSR count). The number of amides is 1.